The Hall–Kier alpha value is -1.59. The van der Waals surface area contributed by atoms with Crippen LogP contribution < -0.4 is 5.73 Å². The molecule has 20 heavy (non-hydrogen) atoms. The lowest BCUT2D eigenvalue weighted by Crippen LogP contribution is -2.61. The molecule has 0 aliphatic carbocycles. The van der Waals surface area contributed by atoms with Gasteiger partial charge in [0.2, 0.25) is 0 Å². The lowest BCUT2D eigenvalue weighted by molar-refractivity contribution is -0.0704. The van der Waals surface area contributed by atoms with Crippen molar-refractivity contribution < 1.29 is 14.3 Å². The highest BCUT2D eigenvalue weighted by molar-refractivity contribution is 5.69. The number of nitrogens with two attached hydrogens (primary N) is 1. The lowest BCUT2D eigenvalue weighted by Gasteiger charge is -2.46. The molecule has 2 N–H and O–H groups in total. The summed E-state index contributed by atoms with van der Waals surface area (Å²) < 4.78 is 11.0. The summed E-state index contributed by atoms with van der Waals surface area (Å²) in [5.41, 5.74) is 7.01. The minimum atomic E-state index is -0.251. The van der Waals surface area contributed by atoms with Gasteiger partial charge in [0.1, 0.15) is 6.61 Å². The zero-order valence-electron chi connectivity index (χ0n) is 11.4. The van der Waals surface area contributed by atoms with Crippen molar-refractivity contribution in [3.05, 3.63) is 35.9 Å². The summed E-state index contributed by atoms with van der Waals surface area (Å²) in [6.07, 6.45) is 1.33. The molecule has 1 aromatic rings. The number of carbonyl (C=O) groups excluding carboxylic acids is 1. The van der Waals surface area contributed by atoms with Crippen LogP contribution in [0.2, 0.25) is 0 Å². The Bertz CT molecular complexity index is 451. The number of ether oxygens (including phenoxy) is 2. The summed E-state index contributed by atoms with van der Waals surface area (Å²) in [5.74, 6) is 0. The van der Waals surface area contributed by atoms with Crippen LogP contribution in [0.1, 0.15) is 18.4 Å². The van der Waals surface area contributed by atoms with E-state index in [1.54, 1.807) is 0 Å². The molecular weight excluding hydrogens is 256 g/mol. The van der Waals surface area contributed by atoms with Crippen LogP contribution in [-0.4, -0.2) is 42.3 Å². The molecule has 3 atom stereocenters. The Kier molecular flexibility index (Phi) is 3.89. The van der Waals surface area contributed by atoms with Gasteiger partial charge in [0.15, 0.2) is 0 Å². The fraction of sp³-hybridized carbons (Fsp3) is 0.533. The zero-order valence-corrected chi connectivity index (χ0v) is 11.4. The summed E-state index contributed by atoms with van der Waals surface area (Å²) in [7, 11) is 0. The highest BCUT2D eigenvalue weighted by atomic mass is 16.6. The Morgan fingerprint density at radius 3 is 2.55 bits per heavy atom. The van der Waals surface area contributed by atoms with Gasteiger partial charge in [0, 0.05) is 6.04 Å². The molecule has 5 nitrogen and oxygen atoms in total. The van der Waals surface area contributed by atoms with Crippen LogP contribution in [0.15, 0.2) is 30.3 Å². The van der Waals surface area contributed by atoms with E-state index >= 15 is 0 Å². The Morgan fingerprint density at radius 1 is 1.25 bits per heavy atom. The Labute approximate surface area is 118 Å². The number of amides is 1. The molecule has 108 valence electrons. The Balaban J connectivity index is 1.62. The van der Waals surface area contributed by atoms with Crippen molar-refractivity contribution in [2.45, 2.75) is 37.6 Å². The van der Waals surface area contributed by atoms with Crippen LogP contribution in [0.3, 0.4) is 0 Å². The van der Waals surface area contributed by atoms with Gasteiger partial charge in [0.05, 0.1) is 25.3 Å². The third-order valence-corrected chi connectivity index (χ3v) is 3.97. The topological polar surface area (TPSA) is 64.8 Å². The van der Waals surface area contributed by atoms with Crippen molar-refractivity contribution in [3.63, 3.8) is 0 Å². The smallest absolute Gasteiger partial charge is 0.410 e. The highest BCUT2D eigenvalue weighted by Crippen LogP contribution is 2.27. The highest BCUT2D eigenvalue weighted by Gasteiger charge is 2.41. The average molecular weight is 276 g/mol. The second-order valence-electron chi connectivity index (χ2n) is 5.52. The Morgan fingerprint density at radius 2 is 1.90 bits per heavy atom. The second-order valence-corrected chi connectivity index (χ2v) is 5.52. The molecule has 2 aliphatic rings. The number of rotatable bonds is 2. The molecule has 1 aromatic carbocycles. The number of morpholine rings is 1. The van der Waals surface area contributed by atoms with Crippen LogP contribution in [-0.2, 0) is 16.1 Å². The number of hydrogen-bond donors (Lipinski definition) is 1. The van der Waals surface area contributed by atoms with Crippen LogP contribution in [0, 0.1) is 0 Å². The summed E-state index contributed by atoms with van der Waals surface area (Å²) in [6.45, 7) is 1.43. The SMILES string of the molecule is NC1C[C@H]2COC[C@@H](C1)N2C(=O)OCc1ccccc1. The third-order valence-electron chi connectivity index (χ3n) is 3.97. The van der Waals surface area contributed by atoms with E-state index in [0.717, 1.165) is 18.4 Å². The third kappa shape index (κ3) is 2.78. The first kappa shape index (κ1) is 13.4. The zero-order chi connectivity index (χ0) is 13.9. The first-order chi connectivity index (χ1) is 9.74. The fourth-order valence-electron chi connectivity index (χ4n) is 3.05. The molecule has 0 radical (unpaired) electrons. The van der Waals surface area contributed by atoms with Gasteiger partial charge in [-0.05, 0) is 18.4 Å². The quantitative estimate of drug-likeness (QED) is 0.889. The van der Waals surface area contributed by atoms with Gasteiger partial charge in [-0.25, -0.2) is 4.79 Å². The molecule has 1 amide bonds. The van der Waals surface area contributed by atoms with E-state index < -0.39 is 0 Å². The van der Waals surface area contributed by atoms with E-state index in [1.807, 2.05) is 35.2 Å². The van der Waals surface area contributed by atoms with E-state index in [4.69, 9.17) is 15.2 Å². The summed E-state index contributed by atoms with van der Waals surface area (Å²) >= 11 is 0. The van der Waals surface area contributed by atoms with Gasteiger partial charge in [-0.15, -0.1) is 0 Å². The van der Waals surface area contributed by atoms with Gasteiger partial charge in [-0.2, -0.15) is 0 Å². The van der Waals surface area contributed by atoms with Gasteiger partial charge >= 0.3 is 6.09 Å². The average Bonchev–Trinajstić information content (AvgIpc) is 2.45. The van der Waals surface area contributed by atoms with Crippen molar-refractivity contribution in [2.75, 3.05) is 13.2 Å². The van der Waals surface area contributed by atoms with Crippen LogP contribution in [0.25, 0.3) is 0 Å². The van der Waals surface area contributed by atoms with Crippen LogP contribution in [0.5, 0.6) is 0 Å². The number of carbonyl (C=O) groups is 1. The molecule has 2 aliphatic heterocycles. The molecule has 1 unspecified atom stereocenters. The van der Waals surface area contributed by atoms with Crippen LogP contribution >= 0.6 is 0 Å². The molecule has 2 saturated heterocycles. The first-order valence-corrected chi connectivity index (χ1v) is 7.06. The van der Waals surface area contributed by atoms with Gasteiger partial charge in [0.25, 0.3) is 0 Å². The summed E-state index contributed by atoms with van der Waals surface area (Å²) in [4.78, 5) is 14.1. The maximum Gasteiger partial charge on any atom is 0.410 e. The lowest BCUT2D eigenvalue weighted by atomic mass is 9.91. The van der Waals surface area contributed by atoms with Gasteiger partial charge in [-0.3, -0.25) is 4.90 Å². The van der Waals surface area contributed by atoms with Crippen molar-refractivity contribution in [3.8, 4) is 0 Å². The standard InChI is InChI=1S/C15H20N2O3/c16-12-6-13-9-19-10-14(7-12)17(13)15(18)20-8-11-4-2-1-3-5-11/h1-5,12-14H,6-10,16H2/t12?,13-,14+. The number of piperidine rings is 1. The van der Waals surface area contributed by atoms with Gasteiger partial charge < -0.3 is 15.2 Å². The minimum absolute atomic E-state index is 0.0563. The number of fused-ring (bicyclic) bond motifs is 2. The molecule has 2 bridgehead atoms. The summed E-state index contributed by atoms with van der Waals surface area (Å²) in [5, 5.41) is 0. The van der Waals surface area contributed by atoms with Crippen molar-refractivity contribution >= 4 is 6.09 Å². The predicted molar refractivity (Wildman–Crippen MR) is 74.1 cm³/mol. The number of nitrogens with zero attached hydrogens (tertiary/aromatic N) is 1. The van der Waals surface area contributed by atoms with E-state index in [2.05, 4.69) is 0 Å². The van der Waals surface area contributed by atoms with E-state index in [-0.39, 0.29) is 24.2 Å². The molecular formula is C15H20N2O3. The maximum atomic E-state index is 12.3. The molecule has 0 spiro atoms. The van der Waals surface area contributed by atoms with E-state index in [1.165, 1.54) is 0 Å². The van der Waals surface area contributed by atoms with E-state index in [0.29, 0.717) is 19.8 Å². The van der Waals surface area contributed by atoms with E-state index in [9.17, 15) is 4.79 Å². The molecule has 0 saturated carbocycles. The van der Waals surface area contributed by atoms with Crippen molar-refractivity contribution in [1.82, 2.24) is 4.90 Å². The predicted octanol–water partition coefficient (Wildman–Crippen LogP) is 1.51. The maximum absolute atomic E-state index is 12.3. The normalized spacial score (nSPS) is 29.1. The largest absolute Gasteiger partial charge is 0.445 e. The van der Waals surface area contributed by atoms with Crippen LogP contribution in [0.4, 0.5) is 4.79 Å². The second kappa shape index (κ2) is 5.81. The fourth-order valence-corrected chi connectivity index (χ4v) is 3.05. The monoisotopic (exact) mass is 276 g/mol. The summed E-state index contributed by atoms with van der Waals surface area (Å²) in [6, 6.07) is 9.98. The molecule has 0 aromatic heterocycles. The minimum Gasteiger partial charge on any atom is -0.445 e. The number of hydrogen-bond acceptors (Lipinski definition) is 4. The van der Waals surface area contributed by atoms with Gasteiger partial charge in [-0.1, -0.05) is 30.3 Å². The molecule has 2 heterocycles. The van der Waals surface area contributed by atoms with Crippen molar-refractivity contribution in [2.24, 2.45) is 5.73 Å². The molecule has 2 fully saturated rings. The number of benzene rings is 1. The molecule has 3 rings (SSSR count). The van der Waals surface area contributed by atoms with Crippen molar-refractivity contribution in [1.29, 1.82) is 0 Å². The first-order valence-electron chi connectivity index (χ1n) is 7.06. The molecule has 5 heteroatoms.